The first-order chi connectivity index (χ1) is 4.10. The van der Waals surface area contributed by atoms with Gasteiger partial charge >= 0.3 is 0 Å². The van der Waals surface area contributed by atoms with Crippen molar-refractivity contribution in [3.05, 3.63) is 11.4 Å². The molecule has 1 heteroatoms. The summed E-state index contributed by atoms with van der Waals surface area (Å²) < 4.78 is 1.09. The third kappa shape index (κ3) is 0.897. The summed E-state index contributed by atoms with van der Waals surface area (Å²) in [7, 11) is 4.50. The Hall–Kier alpha value is -0.300. The van der Waals surface area contributed by atoms with Crippen LogP contribution in [0.25, 0.3) is 0 Å². The molecule has 0 spiro atoms. The van der Waals surface area contributed by atoms with E-state index in [1.807, 2.05) is 0 Å². The van der Waals surface area contributed by atoms with Crippen LogP contribution in [0.5, 0.6) is 0 Å². The Morgan fingerprint density at radius 1 is 1.33 bits per heavy atom. The standard InChI is InChI=1S/C8H16N/c1-5-6-8-7(2)9(8,3)4/h5-6H2,1-4H3/q+1. The van der Waals surface area contributed by atoms with Crippen molar-refractivity contribution in [2.24, 2.45) is 0 Å². The third-order valence-corrected chi connectivity index (χ3v) is 2.37. The summed E-state index contributed by atoms with van der Waals surface area (Å²) in [5, 5.41) is 0. The highest BCUT2D eigenvalue weighted by Crippen LogP contribution is 2.40. The van der Waals surface area contributed by atoms with E-state index in [-0.39, 0.29) is 0 Å². The van der Waals surface area contributed by atoms with Gasteiger partial charge in [-0.15, -0.1) is 0 Å². The highest BCUT2D eigenvalue weighted by atomic mass is 15.4. The van der Waals surface area contributed by atoms with E-state index in [0.29, 0.717) is 0 Å². The maximum absolute atomic E-state index is 2.25. The Bertz CT molecular complexity index is 154. The molecule has 0 atom stereocenters. The van der Waals surface area contributed by atoms with E-state index in [9.17, 15) is 0 Å². The fourth-order valence-corrected chi connectivity index (χ4v) is 1.35. The summed E-state index contributed by atoms with van der Waals surface area (Å²) in [6, 6.07) is 0. The van der Waals surface area contributed by atoms with Crippen molar-refractivity contribution in [3.8, 4) is 0 Å². The Labute approximate surface area is 57.6 Å². The second-order valence-electron chi connectivity index (χ2n) is 3.24. The molecule has 9 heavy (non-hydrogen) atoms. The van der Waals surface area contributed by atoms with Gasteiger partial charge in [-0.3, -0.25) is 4.48 Å². The van der Waals surface area contributed by atoms with E-state index in [0.717, 1.165) is 4.48 Å². The monoisotopic (exact) mass is 126 g/mol. The number of nitrogens with zero attached hydrogens (tertiary/aromatic N) is 1. The summed E-state index contributed by atoms with van der Waals surface area (Å²) >= 11 is 0. The lowest BCUT2D eigenvalue weighted by atomic mass is 10.3. The topological polar surface area (TPSA) is 0 Å². The van der Waals surface area contributed by atoms with E-state index in [2.05, 4.69) is 27.9 Å². The Kier molecular flexibility index (Phi) is 1.39. The molecule has 0 N–H and O–H groups in total. The molecular weight excluding hydrogens is 110 g/mol. The van der Waals surface area contributed by atoms with Crippen LogP contribution in [0.15, 0.2) is 11.4 Å². The minimum Gasteiger partial charge on any atom is -0.261 e. The number of hydrogen-bond acceptors (Lipinski definition) is 0. The van der Waals surface area contributed by atoms with E-state index < -0.39 is 0 Å². The predicted octanol–water partition coefficient (Wildman–Crippen LogP) is 2.11. The van der Waals surface area contributed by atoms with Crippen molar-refractivity contribution in [1.82, 2.24) is 0 Å². The van der Waals surface area contributed by atoms with E-state index in [4.69, 9.17) is 0 Å². The molecule has 0 fully saturated rings. The molecule has 0 saturated carbocycles. The second-order valence-corrected chi connectivity index (χ2v) is 3.24. The average Bonchev–Trinajstić information content (AvgIpc) is 2.19. The van der Waals surface area contributed by atoms with Gasteiger partial charge in [0.2, 0.25) is 0 Å². The SMILES string of the molecule is CCCC1=C(C)[N+]1(C)C. The minimum absolute atomic E-state index is 1.09. The van der Waals surface area contributed by atoms with Crippen LogP contribution in [0.3, 0.4) is 0 Å². The molecule has 0 saturated heterocycles. The molecule has 0 amide bonds. The van der Waals surface area contributed by atoms with E-state index in [1.165, 1.54) is 12.8 Å². The molecule has 0 aromatic carbocycles. The maximum atomic E-state index is 2.25. The van der Waals surface area contributed by atoms with Crippen LogP contribution in [-0.4, -0.2) is 18.6 Å². The largest absolute Gasteiger partial charge is 0.261 e. The van der Waals surface area contributed by atoms with Crippen molar-refractivity contribution in [3.63, 3.8) is 0 Å². The fraction of sp³-hybridized carbons (Fsp3) is 0.750. The van der Waals surface area contributed by atoms with Gasteiger partial charge in [0.15, 0.2) is 11.4 Å². The van der Waals surface area contributed by atoms with Gasteiger partial charge in [-0.25, -0.2) is 0 Å². The fourth-order valence-electron chi connectivity index (χ4n) is 1.35. The lowest BCUT2D eigenvalue weighted by Gasteiger charge is -2.06. The molecule has 0 radical (unpaired) electrons. The molecule has 1 aliphatic rings. The van der Waals surface area contributed by atoms with Gasteiger partial charge in [0.1, 0.15) is 0 Å². The molecule has 1 heterocycles. The summed E-state index contributed by atoms with van der Waals surface area (Å²) in [5.41, 5.74) is 3.20. The maximum Gasteiger partial charge on any atom is 0.170 e. The van der Waals surface area contributed by atoms with Gasteiger partial charge in [0.25, 0.3) is 0 Å². The zero-order valence-corrected chi connectivity index (χ0v) is 6.86. The van der Waals surface area contributed by atoms with Crippen LogP contribution in [0, 0.1) is 0 Å². The average molecular weight is 126 g/mol. The van der Waals surface area contributed by atoms with Crippen LogP contribution < -0.4 is 0 Å². The number of allylic oxidation sites excluding steroid dienone is 2. The van der Waals surface area contributed by atoms with Gasteiger partial charge < -0.3 is 0 Å². The zero-order chi connectivity index (χ0) is 7.07. The molecule has 0 aromatic rings. The number of hydrogen-bond donors (Lipinski definition) is 0. The molecule has 0 aliphatic carbocycles. The summed E-state index contributed by atoms with van der Waals surface area (Å²) in [6.45, 7) is 4.46. The second kappa shape index (κ2) is 1.84. The third-order valence-electron chi connectivity index (χ3n) is 2.37. The van der Waals surface area contributed by atoms with E-state index in [1.54, 1.807) is 11.4 Å². The van der Waals surface area contributed by atoms with Crippen LogP contribution in [0.4, 0.5) is 0 Å². The summed E-state index contributed by atoms with van der Waals surface area (Å²) in [4.78, 5) is 0. The van der Waals surface area contributed by atoms with E-state index >= 15 is 0 Å². The Morgan fingerprint density at radius 3 is 1.89 bits per heavy atom. The molecule has 1 aliphatic heterocycles. The quantitative estimate of drug-likeness (QED) is 0.497. The molecule has 0 aromatic heterocycles. The number of rotatable bonds is 2. The van der Waals surface area contributed by atoms with Crippen LogP contribution in [0.2, 0.25) is 0 Å². The first-order valence-corrected chi connectivity index (χ1v) is 3.65. The first-order valence-electron chi connectivity index (χ1n) is 3.65. The molecule has 0 unspecified atom stereocenters. The van der Waals surface area contributed by atoms with Gasteiger partial charge in [-0.2, -0.15) is 0 Å². The number of quaternary nitrogens is 1. The summed E-state index contributed by atoms with van der Waals surface area (Å²) in [5.74, 6) is 0. The van der Waals surface area contributed by atoms with Crippen LogP contribution in [-0.2, 0) is 0 Å². The first kappa shape index (κ1) is 6.81. The van der Waals surface area contributed by atoms with Gasteiger partial charge in [0, 0.05) is 13.3 Å². The molecular formula is C8H16N+. The predicted molar refractivity (Wildman–Crippen MR) is 39.7 cm³/mol. The van der Waals surface area contributed by atoms with Crippen molar-refractivity contribution in [2.45, 2.75) is 26.7 Å². The normalized spacial score (nSPS) is 22.7. The zero-order valence-electron chi connectivity index (χ0n) is 6.86. The molecule has 1 rings (SSSR count). The molecule has 52 valence electrons. The van der Waals surface area contributed by atoms with Crippen LogP contribution >= 0.6 is 0 Å². The van der Waals surface area contributed by atoms with Crippen LogP contribution in [0.1, 0.15) is 26.7 Å². The van der Waals surface area contributed by atoms with Crippen molar-refractivity contribution in [2.75, 3.05) is 14.1 Å². The van der Waals surface area contributed by atoms with Crippen molar-refractivity contribution >= 4 is 0 Å². The Morgan fingerprint density at radius 2 is 1.78 bits per heavy atom. The highest BCUT2D eigenvalue weighted by Gasteiger charge is 2.43. The molecule has 0 bridgehead atoms. The lowest BCUT2D eigenvalue weighted by Crippen LogP contribution is -2.16. The molecule has 1 nitrogen and oxygen atoms in total. The van der Waals surface area contributed by atoms with Gasteiger partial charge in [0.05, 0.1) is 14.1 Å². The highest BCUT2D eigenvalue weighted by molar-refractivity contribution is 5.14. The van der Waals surface area contributed by atoms with Crippen molar-refractivity contribution in [1.29, 1.82) is 0 Å². The lowest BCUT2D eigenvalue weighted by molar-refractivity contribution is -0.742. The van der Waals surface area contributed by atoms with Gasteiger partial charge in [-0.1, -0.05) is 6.92 Å². The van der Waals surface area contributed by atoms with Crippen molar-refractivity contribution < 1.29 is 4.48 Å². The summed E-state index contributed by atoms with van der Waals surface area (Å²) in [6.07, 6.45) is 2.58. The van der Waals surface area contributed by atoms with Gasteiger partial charge in [-0.05, 0) is 6.42 Å². The Balaban J connectivity index is 2.47. The smallest absolute Gasteiger partial charge is 0.170 e. The minimum atomic E-state index is 1.09.